The molecule has 0 spiro atoms. The maximum Gasteiger partial charge on any atom is 0.410 e. The zero-order valence-corrected chi connectivity index (χ0v) is 25.3. The highest BCUT2D eigenvalue weighted by molar-refractivity contribution is 7.80. The van der Waals surface area contributed by atoms with Gasteiger partial charge in [-0.3, -0.25) is 23.1 Å². The van der Waals surface area contributed by atoms with Gasteiger partial charge in [0, 0.05) is 41.6 Å². The fraction of sp³-hybridized carbons (Fsp3) is 0.679. The molecule has 0 aromatic heterocycles. The summed E-state index contributed by atoms with van der Waals surface area (Å²) >= 11 is 3.46. The molecular weight excluding hydrogens is 574 g/mol. The second kappa shape index (κ2) is 14.2. The molecule has 4 rings (SSSR count). The first-order valence-electron chi connectivity index (χ1n) is 14.2. The van der Waals surface area contributed by atoms with Gasteiger partial charge in [-0.05, 0) is 88.0 Å². The molecule has 7 atom stereocenters. The summed E-state index contributed by atoms with van der Waals surface area (Å²) in [6, 6.07) is 4.89. The quantitative estimate of drug-likeness (QED) is 0.234. The van der Waals surface area contributed by atoms with Crippen LogP contribution in [0.2, 0.25) is 5.02 Å². The lowest BCUT2D eigenvalue weighted by molar-refractivity contribution is -0.153. The van der Waals surface area contributed by atoms with Gasteiger partial charge in [-0.1, -0.05) is 11.6 Å². The summed E-state index contributed by atoms with van der Waals surface area (Å²) in [7, 11) is 1.31. The number of halogens is 1. The predicted octanol–water partition coefficient (Wildman–Crippen LogP) is 3.38. The average molecular weight is 613 g/mol. The van der Waals surface area contributed by atoms with Crippen molar-refractivity contribution in [3.05, 3.63) is 29.3 Å². The van der Waals surface area contributed by atoms with E-state index in [9.17, 15) is 23.1 Å². The Bertz CT molecular complexity index is 1110. The number of anilines is 1. The molecule has 7 unspecified atom stereocenters. The molecular formula is C28H39ClN3O8S-. The number of ether oxygens (including phenoxy) is 3. The van der Waals surface area contributed by atoms with E-state index in [0.717, 1.165) is 19.3 Å². The molecule has 1 amide bonds. The maximum absolute atomic E-state index is 13.0. The van der Waals surface area contributed by atoms with E-state index in [1.165, 1.54) is 16.3 Å². The molecule has 41 heavy (non-hydrogen) atoms. The number of carbonyl (C=O) groups is 3. The van der Waals surface area contributed by atoms with E-state index < -0.39 is 41.5 Å². The molecule has 3 fully saturated rings. The molecule has 2 heterocycles. The largest absolute Gasteiger partial charge is 0.755 e. The predicted molar refractivity (Wildman–Crippen MR) is 152 cm³/mol. The van der Waals surface area contributed by atoms with E-state index in [-0.39, 0.29) is 36.9 Å². The number of rotatable bonds is 9. The lowest BCUT2D eigenvalue weighted by Crippen LogP contribution is -2.55. The fourth-order valence-corrected chi connectivity index (χ4v) is 7.58. The van der Waals surface area contributed by atoms with E-state index in [0.29, 0.717) is 43.2 Å². The lowest BCUT2D eigenvalue weighted by Gasteiger charge is -2.46. The molecule has 228 valence electrons. The van der Waals surface area contributed by atoms with Crippen molar-refractivity contribution in [2.24, 2.45) is 17.8 Å². The van der Waals surface area contributed by atoms with Gasteiger partial charge >= 0.3 is 18.0 Å². The van der Waals surface area contributed by atoms with Crippen molar-refractivity contribution in [3.63, 3.8) is 0 Å². The molecule has 13 heteroatoms. The van der Waals surface area contributed by atoms with Gasteiger partial charge in [0.15, 0.2) is 0 Å². The van der Waals surface area contributed by atoms with Gasteiger partial charge in [0.1, 0.15) is 12.1 Å². The Balaban J connectivity index is 1.48. The van der Waals surface area contributed by atoms with Crippen LogP contribution in [0.1, 0.15) is 46.0 Å². The Kier molecular flexibility index (Phi) is 10.9. The topological polar surface area (TPSA) is 129 Å². The highest BCUT2D eigenvalue weighted by Gasteiger charge is 2.46. The highest BCUT2D eigenvalue weighted by atomic mass is 35.5. The van der Waals surface area contributed by atoms with Crippen LogP contribution in [0.25, 0.3) is 0 Å². The number of esters is 2. The van der Waals surface area contributed by atoms with Gasteiger partial charge in [0.2, 0.25) is 0 Å². The molecule has 0 bridgehead atoms. The van der Waals surface area contributed by atoms with Crippen molar-refractivity contribution < 1.29 is 37.4 Å². The highest BCUT2D eigenvalue weighted by Crippen LogP contribution is 2.42. The number of hydrogen-bond donors (Lipinski definition) is 0. The number of amides is 1. The first-order chi connectivity index (χ1) is 19.7. The van der Waals surface area contributed by atoms with Crippen LogP contribution < -0.4 is 4.31 Å². The van der Waals surface area contributed by atoms with Crippen LogP contribution in [-0.4, -0.2) is 94.7 Å². The van der Waals surface area contributed by atoms with E-state index >= 15 is 0 Å². The number of hydrogen-bond acceptors (Lipinski definition) is 9. The minimum Gasteiger partial charge on any atom is -0.755 e. The van der Waals surface area contributed by atoms with Crippen molar-refractivity contribution in [2.45, 2.75) is 64.1 Å². The molecule has 0 N–H and O–H groups in total. The van der Waals surface area contributed by atoms with Crippen molar-refractivity contribution in [3.8, 4) is 0 Å². The Morgan fingerprint density at radius 1 is 0.976 bits per heavy atom. The third-order valence-electron chi connectivity index (χ3n) is 8.56. The van der Waals surface area contributed by atoms with Crippen molar-refractivity contribution in [2.75, 3.05) is 44.3 Å². The molecule has 1 aromatic carbocycles. The molecule has 2 saturated heterocycles. The van der Waals surface area contributed by atoms with E-state index in [4.69, 9.17) is 25.8 Å². The standard InChI is InChI=1S/C28H40ClN3O8S/c1-4-39-26(33)24-14-23(32(41(36)37)22-10-8-21(29)9-11-22)17-30(24)15-18-6-7-19-16-31(28(35)38-3)25(13-20(19)12-18)27(34)40-5-2/h8-11,18-20,23-25H,4-7,12-17H2,1-3H3,(H,36,37)/p-1. The fourth-order valence-electron chi connectivity index (χ4n) is 6.77. The second-order valence-electron chi connectivity index (χ2n) is 11.0. The number of piperidine rings is 1. The summed E-state index contributed by atoms with van der Waals surface area (Å²) in [4.78, 5) is 41.7. The van der Waals surface area contributed by atoms with Gasteiger partial charge < -0.3 is 18.8 Å². The normalized spacial score (nSPS) is 28.9. The molecule has 1 saturated carbocycles. The zero-order valence-electron chi connectivity index (χ0n) is 23.7. The van der Waals surface area contributed by atoms with Crippen LogP contribution in [0.5, 0.6) is 0 Å². The van der Waals surface area contributed by atoms with Gasteiger partial charge in [-0.15, -0.1) is 0 Å². The van der Waals surface area contributed by atoms with Crippen LogP contribution in [-0.2, 0) is 35.1 Å². The Morgan fingerprint density at radius 2 is 1.63 bits per heavy atom. The molecule has 1 aromatic rings. The molecule has 11 nitrogen and oxygen atoms in total. The van der Waals surface area contributed by atoms with Crippen molar-refractivity contribution in [1.82, 2.24) is 9.80 Å². The first-order valence-corrected chi connectivity index (χ1v) is 15.6. The summed E-state index contributed by atoms with van der Waals surface area (Å²) in [6.07, 6.45) is 2.89. The molecule has 1 aliphatic carbocycles. The van der Waals surface area contributed by atoms with Crippen LogP contribution >= 0.6 is 11.6 Å². The minimum absolute atomic E-state index is 0.211. The minimum atomic E-state index is -2.55. The Hall–Kier alpha value is -2.41. The number of nitrogens with zero attached hydrogens (tertiary/aromatic N) is 3. The Morgan fingerprint density at radius 3 is 2.24 bits per heavy atom. The summed E-state index contributed by atoms with van der Waals surface area (Å²) in [5, 5.41) is 0.501. The summed E-state index contributed by atoms with van der Waals surface area (Å²) in [6.45, 7) is 5.39. The summed E-state index contributed by atoms with van der Waals surface area (Å²) in [5.74, 6) is -0.0859. The van der Waals surface area contributed by atoms with E-state index in [1.807, 2.05) is 0 Å². The molecule has 3 aliphatic rings. The lowest BCUT2D eigenvalue weighted by atomic mass is 9.69. The smallest absolute Gasteiger partial charge is 0.410 e. The van der Waals surface area contributed by atoms with Crippen LogP contribution in [0, 0.1) is 17.8 Å². The van der Waals surface area contributed by atoms with Gasteiger partial charge in [-0.2, -0.15) is 0 Å². The van der Waals surface area contributed by atoms with Gasteiger partial charge in [-0.25, -0.2) is 9.59 Å². The molecule has 0 radical (unpaired) electrons. The van der Waals surface area contributed by atoms with Crippen molar-refractivity contribution >= 4 is 46.6 Å². The third-order valence-corrected chi connectivity index (χ3v) is 9.64. The first kappa shape index (κ1) is 31.5. The van der Waals surface area contributed by atoms with Gasteiger partial charge in [0.25, 0.3) is 0 Å². The molecule has 2 aliphatic heterocycles. The van der Waals surface area contributed by atoms with Crippen LogP contribution in [0.3, 0.4) is 0 Å². The summed E-state index contributed by atoms with van der Waals surface area (Å²) < 4.78 is 41.6. The van der Waals surface area contributed by atoms with E-state index in [2.05, 4.69) is 4.90 Å². The number of likely N-dealkylation sites (tertiary alicyclic amines) is 2. The number of methoxy groups -OCH3 is 1. The van der Waals surface area contributed by atoms with Crippen LogP contribution in [0.4, 0.5) is 10.5 Å². The summed E-state index contributed by atoms with van der Waals surface area (Å²) in [5.41, 5.74) is 0.486. The van der Waals surface area contributed by atoms with Crippen molar-refractivity contribution in [1.29, 1.82) is 0 Å². The van der Waals surface area contributed by atoms with E-state index in [1.54, 1.807) is 38.1 Å². The second-order valence-corrected chi connectivity index (χ2v) is 12.2. The average Bonchev–Trinajstić information content (AvgIpc) is 3.36. The SMILES string of the molecule is CCOC(=O)C1CC(N(c2ccc(Cl)cc2)S(=O)[O-])CN1CC1CCC2CN(C(=O)OC)C(C(=O)OCC)CC2C1. The Labute approximate surface area is 248 Å². The number of benzene rings is 1. The van der Waals surface area contributed by atoms with Crippen LogP contribution in [0.15, 0.2) is 24.3 Å². The van der Waals surface area contributed by atoms with Gasteiger partial charge in [0.05, 0.1) is 26.4 Å². The number of carbonyl (C=O) groups excluding carboxylic acids is 3. The third kappa shape index (κ3) is 7.33. The number of fused-ring (bicyclic) bond motifs is 1. The zero-order chi connectivity index (χ0) is 29.7. The monoisotopic (exact) mass is 612 g/mol. The maximum atomic E-state index is 13.0.